The Morgan fingerprint density at radius 3 is 2.48 bits per heavy atom. The first-order valence-electron chi connectivity index (χ1n) is 7.51. The minimum Gasteiger partial charge on any atom is -0.544 e. The van der Waals surface area contributed by atoms with Gasteiger partial charge in [-0.25, -0.2) is 0 Å². The molecule has 0 amide bonds. The summed E-state index contributed by atoms with van der Waals surface area (Å²) in [5.41, 5.74) is 0.304. The zero-order valence-corrected chi connectivity index (χ0v) is 16.9. The molecule has 2 aromatic rings. The average molecular weight is 351 g/mol. The molecule has 25 heavy (non-hydrogen) atoms. The Hall–Kier alpha value is -2.01. The van der Waals surface area contributed by atoms with Crippen molar-refractivity contribution in [2.24, 2.45) is 0 Å². The smallest absolute Gasteiger partial charge is 0.544 e. The van der Waals surface area contributed by atoms with Crippen LogP contribution in [0.25, 0.3) is 11.7 Å². The number of carbonyl (C=O) groups excluding carboxylic acids is 1. The number of imidazole rings is 1. The molecule has 0 aliphatic rings. The van der Waals surface area contributed by atoms with Gasteiger partial charge in [0.25, 0.3) is 0 Å². The molecule has 0 atom stereocenters. The van der Waals surface area contributed by atoms with Gasteiger partial charge in [0.05, 0.1) is 23.8 Å². The maximum atomic E-state index is 11.0. The molecule has 0 N–H and O–H groups in total. The van der Waals surface area contributed by atoms with Crippen LogP contribution < -0.4 is 44.1 Å². The van der Waals surface area contributed by atoms with Gasteiger partial charge in [0.15, 0.2) is 11.4 Å². The van der Waals surface area contributed by atoms with E-state index in [9.17, 15) is 9.90 Å². The predicted molar refractivity (Wildman–Crippen MR) is 85.3 cm³/mol. The number of fused-ring (bicyclic) bond motifs is 1. The number of pyridine rings is 1. The molecule has 0 spiro atoms. The Labute approximate surface area is 168 Å². The number of carbonyl (C=O) groups is 1. The topological polar surface area (TPSA) is 99.7 Å². The summed E-state index contributed by atoms with van der Waals surface area (Å²) in [6.07, 6.45) is 2.65. The van der Waals surface area contributed by atoms with Crippen molar-refractivity contribution in [1.82, 2.24) is 9.38 Å². The third-order valence-electron chi connectivity index (χ3n) is 2.95. The molecule has 8 heteroatoms. The summed E-state index contributed by atoms with van der Waals surface area (Å²) >= 11 is 0. The van der Waals surface area contributed by atoms with Gasteiger partial charge in [-0.3, -0.25) is 4.40 Å². The first kappa shape index (κ1) is 21.0. The van der Waals surface area contributed by atoms with Gasteiger partial charge in [0, 0.05) is 6.20 Å². The molecular formula is C17H18N3NaO4. The van der Waals surface area contributed by atoms with Crippen molar-refractivity contribution >= 4 is 17.7 Å². The van der Waals surface area contributed by atoms with E-state index in [-0.39, 0.29) is 47.6 Å². The van der Waals surface area contributed by atoms with Gasteiger partial charge in [-0.2, -0.15) is 10.2 Å². The second kappa shape index (κ2) is 8.90. The average Bonchev–Trinajstić information content (AvgIpc) is 2.81. The van der Waals surface area contributed by atoms with Gasteiger partial charge >= 0.3 is 29.6 Å². The maximum absolute atomic E-state index is 11.0. The monoisotopic (exact) mass is 351 g/mol. The molecular weight excluding hydrogens is 333 g/mol. The van der Waals surface area contributed by atoms with Crippen LogP contribution >= 0.6 is 0 Å². The van der Waals surface area contributed by atoms with E-state index in [0.29, 0.717) is 17.1 Å². The van der Waals surface area contributed by atoms with E-state index < -0.39 is 11.5 Å². The van der Waals surface area contributed by atoms with Crippen LogP contribution in [0.2, 0.25) is 0 Å². The summed E-state index contributed by atoms with van der Waals surface area (Å²) in [7, 11) is 0. The molecule has 0 saturated carbocycles. The van der Waals surface area contributed by atoms with Gasteiger partial charge in [-0.15, -0.1) is 0 Å². The van der Waals surface area contributed by atoms with Crippen LogP contribution in [0.1, 0.15) is 33.4 Å². The number of hydrogen-bond donors (Lipinski definition) is 0. The minimum atomic E-state index is -1.56. The summed E-state index contributed by atoms with van der Waals surface area (Å²) in [4.78, 5) is 15.4. The number of aromatic nitrogens is 2. The van der Waals surface area contributed by atoms with Crippen LogP contribution in [0.3, 0.4) is 0 Å². The van der Waals surface area contributed by atoms with Crippen LogP contribution in [0, 0.1) is 11.3 Å². The third kappa shape index (κ3) is 4.98. The van der Waals surface area contributed by atoms with E-state index in [0.717, 1.165) is 0 Å². The molecule has 0 radical (unpaired) electrons. The van der Waals surface area contributed by atoms with Gasteiger partial charge in [-0.1, -0.05) is 0 Å². The Morgan fingerprint density at radius 1 is 1.32 bits per heavy atom. The molecule has 7 nitrogen and oxygen atoms in total. The van der Waals surface area contributed by atoms with Crippen molar-refractivity contribution < 1.29 is 48.9 Å². The molecule has 0 aromatic carbocycles. The van der Waals surface area contributed by atoms with Gasteiger partial charge in [-0.05, 0) is 45.9 Å². The van der Waals surface area contributed by atoms with E-state index in [1.54, 1.807) is 28.8 Å². The molecule has 0 fully saturated rings. The van der Waals surface area contributed by atoms with Crippen LogP contribution in [-0.4, -0.2) is 27.6 Å². The summed E-state index contributed by atoms with van der Waals surface area (Å²) in [5.74, 6) is -0.802. The van der Waals surface area contributed by atoms with Crippen molar-refractivity contribution in [1.29, 1.82) is 5.26 Å². The van der Waals surface area contributed by atoms with Gasteiger partial charge in [0.2, 0.25) is 5.88 Å². The molecule has 0 saturated heterocycles. The number of aliphatic carboxylic acids is 1. The molecule has 0 unspecified atom stereocenters. The fourth-order valence-electron chi connectivity index (χ4n) is 2.10. The minimum absolute atomic E-state index is 0. The first-order valence-corrected chi connectivity index (χ1v) is 7.51. The number of ether oxygens (including phenoxy) is 2. The largest absolute Gasteiger partial charge is 1.00 e. The van der Waals surface area contributed by atoms with Crippen molar-refractivity contribution in [3.05, 3.63) is 29.6 Å². The molecule has 0 bridgehead atoms. The number of rotatable bonds is 6. The Balaban J connectivity index is 0.00000312. The van der Waals surface area contributed by atoms with Crippen molar-refractivity contribution in [2.45, 2.75) is 39.9 Å². The van der Waals surface area contributed by atoms with Crippen molar-refractivity contribution in [3.8, 4) is 17.7 Å². The van der Waals surface area contributed by atoms with E-state index in [2.05, 4.69) is 4.98 Å². The summed E-state index contributed by atoms with van der Waals surface area (Å²) < 4.78 is 13.0. The first-order chi connectivity index (χ1) is 11.3. The van der Waals surface area contributed by atoms with E-state index in [4.69, 9.17) is 14.7 Å². The van der Waals surface area contributed by atoms with Crippen molar-refractivity contribution in [2.75, 3.05) is 0 Å². The van der Waals surface area contributed by atoms with Crippen LogP contribution in [-0.2, 0) is 4.79 Å². The van der Waals surface area contributed by atoms with Crippen LogP contribution in [0.5, 0.6) is 11.6 Å². The summed E-state index contributed by atoms with van der Waals surface area (Å²) in [5, 5.41) is 20.0. The number of nitrogens with zero attached hydrogens (tertiary/aromatic N) is 3. The quantitative estimate of drug-likeness (QED) is 0.359. The van der Waals surface area contributed by atoms with Crippen LogP contribution in [0.15, 0.2) is 23.9 Å². The SMILES string of the molecule is CC(C)Oc1nc2c(OC(C)C)cccn2c1/C=C(/C#N)C(=O)[O-].[Na+]. The fraction of sp³-hybridized carbons (Fsp3) is 0.353. The Morgan fingerprint density at radius 2 is 1.96 bits per heavy atom. The van der Waals surface area contributed by atoms with E-state index in [1.807, 2.05) is 27.7 Å². The standard InChI is InChI=1S/C17H19N3O4.Na/c1-10(2)23-14-6-5-7-20-13(8-12(9-18)17(21)22)16(19-15(14)20)24-11(3)4;/h5-8,10-11H,1-4H3,(H,21,22);/q;+1/p-1/b12-8-;. The number of nitriles is 1. The molecule has 2 rings (SSSR count). The summed E-state index contributed by atoms with van der Waals surface area (Å²) in [6, 6.07) is 5.11. The Bertz CT molecular complexity index is 834. The fourth-order valence-corrected chi connectivity index (χ4v) is 2.10. The van der Waals surface area contributed by atoms with E-state index in [1.165, 1.54) is 6.08 Å². The predicted octanol–water partition coefficient (Wildman–Crippen LogP) is -1.43. The number of carboxylic acids is 1. The van der Waals surface area contributed by atoms with E-state index >= 15 is 0 Å². The normalized spacial score (nSPS) is 11.3. The van der Waals surface area contributed by atoms with Crippen LogP contribution in [0.4, 0.5) is 0 Å². The number of carboxylic acid groups (broad SMARTS) is 1. The molecule has 0 aliphatic carbocycles. The van der Waals surface area contributed by atoms with Gasteiger partial charge < -0.3 is 19.4 Å². The second-order valence-corrected chi connectivity index (χ2v) is 5.66. The zero-order chi connectivity index (χ0) is 17.9. The number of hydrogen-bond acceptors (Lipinski definition) is 6. The Kier molecular flexibility index (Phi) is 7.49. The third-order valence-corrected chi connectivity index (χ3v) is 2.95. The molecule has 0 aliphatic heterocycles. The molecule has 2 heterocycles. The molecule has 126 valence electrons. The van der Waals surface area contributed by atoms with Crippen molar-refractivity contribution in [3.63, 3.8) is 0 Å². The molecule has 2 aromatic heterocycles. The maximum Gasteiger partial charge on any atom is 1.00 e. The van der Waals surface area contributed by atoms with Gasteiger partial charge in [0.1, 0.15) is 11.8 Å². The summed E-state index contributed by atoms with van der Waals surface area (Å²) in [6.45, 7) is 7.44. The second-order valence-electron chi connectivity index (χ2n) is 5.66. The zero-order valence-electron chi connectivity index (χ0n) is 14.9.